The fraction of sp³-hybridized carbons (Fsp3) is 0.393. The number of hydrogen-bond donors (Lipinski definition) is 2. The molecular weight excluding hydrogens is 578 g/mol. The monoisotopic (exact) mass is 610 g/mol. The molecule has 0 aliphatic rings. The van der Waals surface area contributed by atoms with E-state index in [4.69, 9.17) is 16.3 Å². The van der Waals surface area contributed by atoms with E-state index in [1.165, 1.54) is 41.4 Å². The van der Waals surface area contributed by atoms with E-state index in [0.717, 1.165) is 0 Å². The van der Waals surface area contributed by atoms with Crippen molar-refractivity contribution >= 4 is 50.2 Å². The van der Waals surface area contributed by atoms with Crippen LogP contribution in [0.4, 0.5) is 19.4 Å². The van der Waals surface area contributed by atoms with Crippen molar-refractivity contribution in [3.63, 3.8) is 0 Å². The number of nitrogens with one attached hydrogen (secondary N) is 2. The Hall–Kier alpha value is -3.35. The molecule has 0 aliphatic carbocycles. The number of ether oxygens (including phenoxy) is 1. The summed E-state index contributed by atoms with van der Waals surface area (Å²) in [5.41, 5.74) is 0.494. The minimum absolute atomic E-state index is 0.0101. The first-order chi connectivity index (χ1) is 19.5. The van der Waals surface area contributed by atoms with Crippen LogP contribution in [0.1, 0.15) is 38.2 Å². The molecule has 0 radical (unpaired) electrons. The van der Waals surface area contributed by atoms with Gasteiger partial charge in [-0.15, -0.1) is 0 Å². The van der Waals surface area contributed by atoms with E-state index < -0.39 is 33.8 Å². The summed E-state index contributed by atoms with van der Waals surface area (Å²) in [5.74, 6) is -1.12. The van der Waals surface area contributed by atoms with Gasteiger partial charge in [0.2, 0.25) is 15.9 Å². The van der Waals surface area contributed by atoms with Crippen LogP contribution in [0.3, 0.4) is 0 Å². The number of sulfonamides is 1. The molecule has 3 aromatic rings. The summed E-state index contributed by atoms with van der Waals surface area (Å²) < 4.78 is 59.2. The molecule has 222 valence electrons. The lowest BCUT2D eigenvalue weighted by molar-refractivity contribution is -0.132. The number of amides is 2. The van der Waals surface area contributed by atoms with Crippen molar-refractivity contribution in [3.05, 3.63) is 70.9 Å². The first kappa shape index (κ1) is 32.2. The third-order valence-corrected chi connectivity index (χ3v) is 8.42. The van der Waals surface area contributed by atoms with Gasteiger partial charge < -0.3 is 9.64 Å². The number of rotatable bonds is 14. The summed E-state index contributed by atoms with van der Waals surface area (Å²) in [6.07, 6.45) is 2.09. The maximum Gasteiger partial charge on any atom is 0.412 e. The minimum Gasteiger partial charge on any atom is -0.447 e. The zero-order chi connectivity index (χ0) is 30.0. The molecule has 0 saturated carbocycles. The molecule has 0 unspecified atom stereocenters. The number of fused-ring (bicyclic) bond motifs is 1. The van der Waals surface area contributed by atoms with E-state index in [1.54, 1.807) is 26.1 Å². The zero-order valence-electron chi connectivity index (χ0n) is 22.8. The number of likely N-dealkylation sites (N-methyl/N-ethyl adjacent to an activating group) is 1. The molecule has 13 heteroatoms. The molecule has 1 heterocycles. The number of hydrogen-bond acceptors (Lipinski definition) is 6. The molecule has 0 fully saturated rings. The third kappa shape index (κ3) is 9.91. The van der Waals surface area contributed by atoms with Crippen molar-refractivity contribution in [1.82, 2.24) is 14.6 Å². The van der Waals surface area contributed by atoms with Gasteiger partial charge in [-0.3, -0.25) is 10.1 Å². The summed E-state index contributed by atoms with van der Waals surface area (Å²) in [4.78, 5) is 31.1. The summed E-state index contributed by atoms with van der Waals surface area (Å²) in [5, 5.41) is 3.70. The van der Waals surface area contributed by atoms with Crippen LogP contribution in [0.15, 0.2) is 48.7 Å². The highest BCUT2D eigenvalue weighted by Gasteiger charge is 2.22. The van der Waals surface area contributed by atoms with Crippen molar-refractivity contribution in [3.8, 4) is 0 Å². The Kier molecular flexibility index (Phi) is 11.8. The average Bonchev–Trinajstić information content (AvgIpc) is 2.92. The molecule has 9 nitrogen and oxygen atoms in total. The number of aromatic nitrogens is 1. The first-order valence-electron chi connectivity index (χ1n) is 13.1. The van der Waals surface area contributed by atoms with Crippen molar-refractivity contribution in [2.75, 3.05) is 31.3 Å². The average molecular weight is 611 g/mol. The zero-order valence-corrected chi connectivity index (χ0v) is 24.4. The summed E-state index contributed by atoms with van der Waals surface area (Å²) in [6, 6.07) is 9.51. The van der Waals surface area contributed by atoms with E-state index in [9.17, 15) is 26.8 Å². The number of pyridine rings is 1. The topological polar surface area (TPSA) is 118 Å². The van der Waals surface area contributed by atoms with Gasteiger partial charge in [-0.25, -0.2) is 31.7 Å². The normalized spacial score (nSPS) is 12.2. The Labute approximate surface area is 243 Å². The molecular formula is C28H33ClF2N4O5S. The van der Waals surface area contributed by atoms with Crippen LogP contribution in [-0.2, 0) is 26.0 Å². The number of carbonyl (C=O) groups excluding carboxylic acids is 2. The van der Waals surface area contributed by atoms with Gasteiger partial charge in [0.15, 0.2) is 0 Å². The van der Waals surface area contributed by atoms with Crippen LogP contribution >= 0.6 is 11.6 Å². The molecule has 0 saturated heterocycles. The van der Waals surface area contributed by atoms with Gasteiger partial charge >= 0.3 is 6.09 Å². The predicted octanol–water partition coefficient (Wildman–Crippen LogP) is 5.28. The van der Waals surface area contributed by atoms with Gasteiger partial charge in [-0.05, 0) is 67.0 Å². The minimum atomic E-state index is -3.39. The van der Waals surface area contributed by atoms with Crippen LogP contribution in [0.2, 0.25) is 5.02 Å². The third-order valence-electron chi connectivity index (χ3n) is 6.41. The maximum absolute atomic E-state index is 13.8. The van der Waals surface area contributed by atoms with E-state index in [2.05, 4.69) is 15.0 Å². The molecule has 1 atom stereocenters. The van der Waals surface area contributed by atoms with Gasteiger partial charge in [0.05, 0.1) is 16.8 Å². The fourth-order valence-electron chi connectivity index (χ4n) is 4.15. The fourth-order valence-corrected chi connectivity index (χ4v) is 5.51. The largest absolute Gasteiger partial charge is 0.447 e. The quantitative estimate of drug-likeness (QED) is 0.240. The summed E-state index contributed by atoms with van der Waals surface area (Å²) in [6.45, 7) is 1.74. The number of anilines is 1. The number of carbonyl (C=O) groups is 2. The van der Waals surface area contributed by atoms with Gasteiger partial charge in [-0.1, -0.05) is 30.7 Å². The van der Waals surface area contributed by atoms with Crippen molar-refractivity contribution < 1.29 is 31.5 Å². The van der Waals surface area contributed by atoms with E-state index in [-0.39, 0.29) is 48.5 Å². The number of benzene rings is 2. The number of aryl methyl sites for hydroxylation is 1. The van der Waals surface area contributed by atoms with Gasteiger partial charge in [0.25, 0.3) is 0 Å². The SMILES string of the molecule is CCCS(=O)(=O)NCCC[C@@H](COC(=O)Nc1cc2cc(F)ccc2cn1)N(C)C(=O)CCc1cccc(F)c1Cl. The second-order valence-electron chi connectivity index (χ2n) is 9.51. The van der Waals surface area contributed by atoms with Crippen LogP contribution < -0.4 is 10.0 Å². The standard InChI is InChI=1S/C28H33ClF2N4O5S/c1-3-14-41(38,39)33-13-5-7-23(35(2)26(36)12-10-19-6-4-8-24(31)27(19)29)18-40-28(37)34-25-16-21-15-22(30)11-9-20(21)17-32-25/h4,6,8-9,11,15-17,23,33H,3,5,7,10,12-14,18H2,1-2H3,(H,32,34,37)/t23-/m0/s1. The highest BCUT2D eigenvalue weighted by molar-refractivity contribution is 7.89. The molecule has 0 aliphatic heterocycles. The van der Waals surface area contributed by atoms with Gasteiger partial charge in [0.1, 0.15) is 24.1 Å². The predicted molar refractivity (Wildman–Crippen MR) is 154 cm³/mol. The van der Waals surface area contributed by atoms with Crippen LogP contribution in [0.25, 0.3) is 10.8 Å². The molecule has 0 bridgehead atoms. The highest BCUT2D eigenvalue weighted by atomic mass is 35.5. The second kappa shape index (κ2) is 15.0. The molecule has 2 aromatic carbocycles. The lowest BCUT2D eigenvalue weighted by Crippen LogP contribution is -2.41. The van der Waals surface area contributed by atoms with Crippen molar-refractivity contribution in [1.29, 1.82) is 0 Å². The van der Waals surface area contributed by atoms with Gasteiger partial charge in [0, 0.05) is 31.6 Å². The van der Waals surface area contributed by atoms with Crippen molar-refractivity contribution in [2.24, 2.45) is 0 Å². The molecule has 2 N–H and O–H groups in total. The lowest BCUT2D eigenvalue weighted by atomic mass is 10.1. The van der Waals surface area contributed by atoms with Crippen molar-refractivity contribution in [2.45, 2.75) is 45.1 Å². The highest BCUT2D eigenvalue weighted by Crippen LogP contribution is 2.22. The molecule has 2 amide bonds. The lowest BCUT2D eigenvalue weighted by Gasteiger charge is -2.28. The van der Waals surface area contributed by atoms with Crippen LogP contribution in [-0.4, -0.2) is 62.3 Å². The summed E-state index contributed by atoms with van der Waals surface area (Å²) in [7, 11) is -1.83. The molecule has 41 heavy (non-hydrogen) atoms. The smallest absolute Gasteiger partial charge is 0.412 e. The molecule has 1 aromatic heterocycles. The number of nitrogens with zero attached hydrogens (tertiary/aromatic N) is 2. The van der Waals surface area contributed by atoms with E-state index in [1.807, 2.05) is 0 Å². The Morgan fingerprint density at radius 2 is 1.93 bits per heavy atom. The van der Waals surface area contributed by atoms with E-state index >= 15 is 0 Å². The Balaban J connectivity index is 1.62. The van der Waals surface area contributed by atoms with Crippen LogP contribution in [0, 0.1) is 11.6 Å². The second-order valence-corrected chi connectivity index (χ2v) is 11.8. The van der Waals surface area contributed by atoms with Crippen LogP contribution in [0.5, 0.6) is 0 Å². The van der Waals surface area contributed by atoms with Gasteiger partial charge in [-0.2, -0.15) is 0 Å². The summed E-state index contributed by atoms with van der Waals surface area (Å²) >= 11 is 6.01. The first-order valence-corrected chi connectivity index (χ1v) is 15.2. The maximum atomic E-state index is 13.8. The molecule has 0 spiro atoms. The number of halogens is 3. The Bertz CT molecular complexity index is 1480. The molecule has 3 rings (SSSR count). The Morgan fingerprint density at radius 3 is 2.68 bits per heavy atom. The Morgan fingerprint density at radius 1 is 1.15 bits per heavy atom. The van der Waals surface area contributed by atoms with E-state index in [0.29, 0.717) is 35.6 Å².